The first-order valence-corrected chi connectivity index (χ1v) is 16.4. The maximum atomic E-state index is 12.0. The Morgan fingerprint density at radius 1 is 0.458 bits per heavy atom. The van der Waals surface area contributed by atoms with Gasteiger partial charge in [0.25, 0.3) is 20.2 Å². The summed E-state index contributed by atoms with van der Waals surface area (Å²) in [4.78, 5) is -0.624. The van der Waals surface area contributed by atoms with Crippen LogP contribution in [0.25, 0.3) is 32.7 Å². The van der Waals surface area contributed by atoms with Gasteiger partial charge in [0.15, 0.2) is 0 Å². The first kappa shape index (κ1) is 37.3. The molecule has 0 saturated heterocycles. The van der Waals surface area contributed by atoms with E-state index in [1.165, 1.54) is 12.1 Å². The summed E-state index contributed by atoms with van der Waals surface area (Å²) >= 11 is 0. The van der Waals surface area contributed by atoms with Crippen LogP contribution in [0.5, 0.6) is 0 Å². The minimum atomic E-state index is -4.53. The fraction of sp³-hybridized carbons (Fsp3) is 0. The van der Waals surface area contributed by atoms with Crippen LogP contribution in [0, 0.1) is 0 Å². The van der Waals surface area contributed by atoms with E-state index in [0.29, 0.717) is 22.1 Å². The average Bonchev–Trinajstić information content (AvgIpc) is 3.04. The first-order valence-electron chi connectivity index (χ1n) is 13.5. The summed E-state index contributed by atoms with van der Waals surface area (Å²) in [7, 11) is -9.07. The molecule has 0 aliphatic heterocycles. The smallest absolute Gasteiger partial charge is 0.396 e. The Balaban J connectivity index is 0.00000260. The fourth-order valence-electron chi connectivity index (χ4n) is 4.96. The molecule has 48 heavy (non-hydrogen) atoms. The van der Waals surface area contributed by atoms with E-state index in [9.17, 15) is 25.9 Å². The number of rotatable bonds is 7. The third-order valence-electron chi connectivity index (χ3n) is 7.22. The van der Waals surface area contributed by atoms with Crippen molar-refractivity contribution in [2.75, 3.05) is 11.5 Å². The minimum absolute atomic E-state index is 0. The molecular weight excluding hydrogens is 675 g/mol. The molecule has 0 saturated carbocycles. The van der Waals surface area contributed by atoms with Crippen LogP contribution in [0.15, 0.2) is 139 Å². The fourth-order valence-corrected chi connectivity index (χ4v) is 6.39. The van der Waals surface area contributed by atoms with Gasteiger partial charge in [0.05, 0.1) is 22.7 Å². The maximum Gasteiger partial charge on any atom is 1.00 e. The number of nitrogen functional groups attached to an aromatic ring is 2. The zero-order valence-electron chi connectivity index (χ0n) is 25.7. The van der Waals surface area contributed by atoms with Gasteiger partial charge in [0.2, 0.25) is 0 Å². The van der Waals surface area contributed by atoms with Gasteiger partial charge in [0, 0.05) is 21.5 Å². The molecule has 0 fully saturated rings. The van der Waals surface area contributed by atoms with E-state index in [1.807, 2.05) is 24.3 Å². The van der Waals surface area contributed by atoms with Crippen molar-refractivity contribution in [2.45, 2.75) is 9.79 Å². The van der Waals surface area contributed by atoms with Gasteiger partial charge in [0.1, 0.15) is 21.2 Å². The molecule has 6 aromatic rings. The van der Waals surface area contributed by atoms with Crippen molar-refractivity contribution < 1.29 is 85.1 Å². The van der Waals surface area contributed by atoms with E-state index in [0.717, 1.165) is 11.1 Å². The van der Waals surface area contributed by atoms with Gasteiger partial charge in [-0.15, -0.1) is 10.2 Å². The molecule has 0 spiro atoms. The van der Waals surface area contributed by atoms with Gasteiger partial charge >= 0.3 is 59.1 Å². The zero-order valence-corrected chi connectivity index (χ0v) is 31.3. The second-order valence-electron chi connectivity index (χ2n) is 10.2. The van der Waals surface area contributed by atoms with Crippen molar-refractivity contribution in [3.05, 3.63) is 109 Å². The van der Waals surface area contributed by atoms with E-state index in [-0.39, 0.29) is 102 Å². The van der Waals surface area contributed by atoms with Crippen LogP contribution >= 0.6 is 0 Å². The summed E-state index contributed by atoms with van der Waals surface area (Å²) in [6.07, 6.45) is 0. The molecule has 6 N–H and O–H groups in total. The van der Waals surface area contributed by atoms with E-state index in [2.05, 4.69) is 20.5 Å². The molecule has 0 aromatic heterocycles. The summed E-state index contributed by atoms with van der Waals surface area (Å²) in [5.74, 6) is 0. The van der Waals surface area contributed by atoms with E-state index in [1.54, 1.807) is 72.8 Å². The van der Waals surface area contributed by atoms with Crippen molar-refractivity contribution >= 4 is 75.9 Å². The summed E-state index contributed by atoms with van der Waals surface area (Å²) < 4.78 is 67.4. The number of nitrogens with zero attached hydrogens (tertiary/aromatic N) is 4. The van der Waals surface area contributed by atoms with Gasteiger partial charge in [-0.3, -0.25) is 9.11 Å². The molecule has 0 aliphatic rings. The number of fused-ring (bicyclic) bond motifs is 2. The number of anilines is 2. The molecule has 16 heteroatoms. The molecule has 0 unspecified atom stereocenters. The molecule has 230 valence electrons. The molecule has 0 amide bonds. The van der Waals surface area contributed by atoms with E-state index in [4.69, 9.17) is 11.5 Å². The number of hydrogen-bond donors (Lipinski definition) is 4. The Hall–Kier alpha value is -3.54. The van der Waals surface area contributed by atoms with E-state index < -0.39 is 20.2 Å². The molecule has 0 radical (unpaired) electrons. The third kappa shape index (κ3) is 7.84. The Kier molecular flexibility index (Phi) is 11.6. The van der Waals surface area contributed by atoms with Crippen LogP contribution in [0.3, 0.4) is 0 Å². The van der Waals surface area contributed by atoms with Gasteiger partial charge in [-0.25, -0.2) is 0 Å². The predicted octanol–water partition coefficient (Wildman–Crippen LogP) is 2.16. The summed E-state index contributed by atoms with van der Waals surface area (Å²) in [6.45, 7) is 0. The predicted molar refractivity (Wildman–Crippen MR) is 177 cm³/mol. The van der Waals surface area contributed by atoms with Crippen molar-refractivity contribution in [3.8, 4) is 11.1 Å². The Bertz CT molecular complexity index is 2270. The maximum absolute atomic E-state index is 12.0. The molecule has 6 aromatic carbocycles. The molecular formula is C32H24N6Na2O6S2+2. The van der Waals surface area contributed by atoms with Crippen LogP contribution in [0.1, 0.15) is 0 Å². The number of nitrogens with two attached hydrogens (primary N) is 2. The first-order chi connectivity index (χ1) is 21.9. The summed E-state index contributed by atoms with van der Waals surface area (Å²) in [5, 5.41) is 18.1. The third-order valence-corrected chi connectivity index (χ3v) is 9.01. The van der Waals surface area contributed by atoms with Crippen molar-refractivity contribution in [2.24, 2.45) is 20.5 Å². The molecule has 12 nitrogen and oxygen atoms in total. The van der Waals surface area contributed by atoms with E-state index >= 15 is 0 Å². The number of benzene rings is 6. The van der Waals surface area contributed by atoms with Crippen LogP contribution in [0.4, 0.5) is 34.1 Å². The number of hydrogen-bond acceptors (Lipinski definition) is 10. The Labute approximate surface area is 320 Å². The zero-order chi connectivity index (χ0) is 32.6. The second-order valence-corrected chi connectivity index (χ2v) is 12.9. The van der Waals surface area contributed by atoms with Gasteiger partial charge in [-0.2, -0.15) is 27.1 Å². The molecule has 6 rings (SSSR count). The topological polar surface area (TPSA) is 210 Å². The number of azo groups is 2. The Morgan fingerprint density at radius 2 is 0.771 bits per heavy atom. The summed E-state index contributed by atoms with van der Waals surface area (Å²) in [5.41, 5.74) is 15.8. The quantitative estimate of drug-likeness (QED) is 0.0838. The normalized spacial score (nSPS) is 12.0. The van der Waals surface area contributed by atoms with Crippen molar-refractivity contribution in [1.82, 2.24) is 0 Å². The Morgan fingerprint density at radius 3 is 1.08 bits per heavy atom. The van der Waals surface area contributed by atoms with Gasteiger partial charge in [-0.05, 0) is 47.5 Å². The van der Waals surface area contributed by atoms with Gasteiger partial charge in [-0.1, -0.05) is 72.8 Å². The molecule has 0 atom stereocenters. The van der Waals surface area contributed by atoms with Crippen LogP contribution in [-0.2, 0) is 20.2 Å². The van der Waals surface area contributed by atoms with Crippen LogP contribution in [0.2, 0.25) is 0 Å². The van der Waals surface area contributed by atoms with Crippen molar-refractivity contribution in [1.29, 1.82) is 0 Å². The van der Waals surface area contributed by atoms with Crippen LogP contribution < -0.4 is 70.6 Å². The summed E-state index contributed by atoms with van der Waals surface area (Å²) in [6, 6.07) is 29.6. The standard InChI is InChI=1S/C32H24N6O6S2.2Na/c33-31-25-7-3-1-5-23(25)29(45(39,40)41)17-27(31)37-35-21-13-9-19(10-14-21)20-11-15-22(16-12-20)36-38-28-18-30(46(42,43)44)24-6-2-4-8-26(24)32(28)34;;/h1-18H,33-34H2,(H,39,40,41)(H,42,43,44);;/q;2*+1. The largest absolute Gasteiger partial charge is 1.00 e. The molecule has 0 aliphatic carbocycles. The van der Waals surface area contributed by atoms with Crippen molar-refractivity contribution in [3.63, 3.8) is 0 Å². The average molecular weight is 699 g/mol. The second kappa shape index (κ2) is 14.9. The van der Waals surface area contributed by atoms with Gasteiger partial charge < -0.3 is 11.5 Å². The monoisotopic (exact) mass is 698 g/mol. The molecule has 0 heterocycles. The SMILES string of the molecule is Nc1c(N=Nc2ccc(-c3ccc(N=Nc4cc(S(=O)(=O)O)c5ccccc5c4N)cc3)cc2)cc(S(=O)(=O)O)c2ccccc12.[Na+].[Na+]. The minimum Gasteiger partial charge on any atom is -0.396 e. The molecule has 0 bridgehead atoms. The van der Waals surface area contributed by atoms with Crippen LogP contribution in [-0.4, -0.2) is 25.9 Å².